The SMILES string of the molecule is CCOCCN1CCCN(C(=O)c2ccccc2CC)CC1. The number of aryl methyl sites for hydroxylation is 1. The van der Waals surface area contributed by atoms with Crippen LogP contribution in [0.2, 0.25) is 0 Å². The van der Waals surface area contributed by atoms with E-state index in [0.29, 0.717) is 0 Å². The Labute approximate surface area is 134 Å². The van der Waals surface area contributed by atoms with Crippen LogP contribution >= 0.6 is 0 Å². The van der Waals surface area contributed by atoms with Crippen molar-refractivity contribution in [1.82, 2.24) is 9.80 Å². The van der Waals surface area contributed by atoms with Crippen molar-refractivity contribution in [2.45, 2.75) is 26.7 Å². The van der Waals surface area contributed by atoms with Gasteiger partial charge in [0.25, 0.3) is 5.91 Å². The predicted octanol–water partition coefficient (Wildman–Crippen LogP) is 2.43. The Kier molecular flexibility index (Phi) is 6.87. The fourth-order valence-corrected chi connectivity index (χ4v) is 2.94. The number of benzene rings is 1. The molecule has 1 aliphatic heterocycles. The molecule has 0 bridgehead atoms. The molecule has 1 fully saturated rings. The average molecular weight is 304 g/mol. The van der Waals surface area contributed by atoms with Crippen molar-refractivity contribution in [3.63, 3.8) is 0 Å². The third-order valence-electron chi connectivity index (χ3n) is 4.26. The number of carbonyl (C=O) groups excluding carboxylic acids is 1. The molecule has 22 heavy (non-hydrogen) atoms. The fraction of sp³-hybridized carbons (Fsp3) is 0.611. The molecule has 4 heteroatoms. The van der Waals surface area contributed by atoms with Crippen LogP contribution in [0, 0.1) is 0 Å². The van der Waals surface area contributed by atoms with Crippen LogP contribution in [0.1, 0.15) is 36.2 Å². The molecule has 0 atom stereocenters. The number of hydrogen-bond acceptors (Lipinski definition) is 3. The van der Waals surface area contributed by atoms with Gasteiger partial charge in [-0.25, -0.2) is 0 Å². The molecule has 1 aliphatic rings. The largest absolute Gasteiger partial charge is 0.380 e. The molecule has 1 aromatic rings. The zero-order valence-electron chi connectivity index (χ0n) is 13.9. The minimum atomic E-state index is 0.184. The van der Waals surface area contributed by atoms with E-state index in [4.69, 9.17) is 4.74 Å². The van der Waals surface area contributed by atoms with Crippen molar-refractivity contribution in [2.75, 3.05) is 45.9 Å². The van der Waals surface area contributed by atoms with E-state index in [-0.39, 0.29) is 5.91 Å². The van der Waals surface area contributed by atoms with Gasteiger partial charge in [-0.15, -0.1) is 0 Å². The average Bonchev–Trinajstić information content (AvgIpc) is 2.80. The van der Waals surface area contributed by atoms with Crippen molar-refractivity contribution >= 4 is 5.91 Å². The Morgan fingerprint density at radius 1 is 1.14 bits per heavy atom. The Morgan fingerprint density at radius 2 is 1.95 bits per heavy atom. The molecule has 1 saturated heterocycles. The molecule has 0 unspecified atom stereocenters. The lowest BCUT2D eigenvalue weighted by atomic mass is 10.0. The topological polar surface area (TPSA) is 32.8 Å². The molecule has 0 saturated carbocycles. The van der Waals surface area contributed by atoms with Crippen LogP contribution in [0.4, 0.5) is 0 Å². The van der Waals surface area contributed by atoms with Crippen LogP contribution in [0.3, 0.4) is 0 Å². The van der Waals surface area contributed by atoms with Crippen LogP contribution < -0.4 is 0 Å². The number of amides is 1. The molecular weight excluding hydrogens is 276 g/mol. The quantitative estimate of drug-likeness (QED) is 0.757. The van der Waals surface area contributed by atoms with E-state index in [0.717, 1.165) is 69.9 Å². The maximum Gasteiger partial charge on any atom is 0.254 e. The summed E-state index contributed by atoms with van der Waals surface area (Å²) < 4.78 is 5.43. The summed E-state index contributed by atoms with van der Waals surface area (Å²) in [5, 5.41) is 0. The standard InChI is InChI=1S/C18H28N2O2/c1-3-16-8-5-6-9-17(16)18(21)20-11-7-10-19(12-13-20)14-15-22-4-2/h5-6,8-9H,3-4,7,10-15H2,1-2H3. The summed E-state index contributed by atoms with van der Waals surface area (Å²) in [5.41, 5.74) is 2.01. The number of carbonyl (C=O) groups is 1. The minimum Gasteiger partial charge on any atom is -0.380 e. The second-order valence-corrected chi connectivity index (χ2v) is 5.70. The van der Waals surface area contributed by atoms with Crippen molar-refractivity contribution in [1.29, 1.82) is 0 Å². The molecule has 122 valence electrons. The maximum atomic E-state index is 12.8. The highest BCUT2D eigenvalue weighted by Gasteiger charge is 2.21. The summed E-state index contributed by atoms with van der Waals surface area (Å²) in [6.45, 7) is 10.3. The Bertz CT molecular complexity index is 476. The summed E-state index contributed by atoms with van der Waals surface area (Å²) in [7, 11) is 0. The lowest BCUT2D eigenvalue weighted by Gasteiger charge is -2.23. The van der Waals surface area contributed by atoms with Gasteiger partial charge in [0, 0.05) is 38.3 Å². The van der Waals surface area contributed by atoms with Gasteiger partial charge in [0.2, 0.25) is 0 Å². The summed E-state index contributed by atoms with van der Waals surface area (Å²) in [6, 6.07) is 7.98. The van der Waals surface area contributed by atoms with Crippen LogP contribution in [0.15, 0.2) is 24.3 Å². The number of rotatable bonds is 6. The molecule has 0 aromatic heterocycles. The first-order valence-electron chi connectivity index (χ1n) is 8.43. The highest BCUT2D eigenvalue weighted by atomic mass is 16.5. The van der Waals surface area contributed by atoms with Gasteiger partial charge in [0.1, 0.15) is 0 Å². The maximum absolute atomic E-state index is 12.8. The van der Waals surface area contributed by atoms with Crippen molar-refractivity contribution in [3.05, 3.63) is 35.4 Å². The molecule has 0 aliphatic carbocycles. The lowest BCUT2D eigenvalue weighted by Crippen LogP contribution is -2.36. The molecule has 0 N–H and O–H groups in total. The van der Waals surface area contributed by atoms with E-state index in [2.05, 4.69) is 17.9 Å². The van der Waals surface area contributed by atoms with Crippen molar-refractivity contribution in [3.8, 4) is 0 Å². The Morgan fingerprint density at radius 3 is 2.73 bits per heavy atom. The van der Waals surface area contributed by atoms with Gasteiger partial charge >= 0.3 is 0 Å². The van der Waals surface area contributed by atoms with Gasteiger partial charge < -0.3 is 9.64 Å². The minimum absolute atomic E-state index is 0.184. The van der Waals surface area contributed by atoms with E-state index in [1.165, 1.54) is 0 Å². The highest BCUT2D eigenvalue weighted by Crippen LogP contribution is 2.14. The summed E-state index contributed by atoms with van der Waals surface area (Å²) >= 11 is 0. The highest BCUT2D eigenvalue weighted by molar-refractivity contribution is 5.95. The van der Waals surface area contributed by atoms with Crippen molar-refractivity contribution in [2.24, 2.45) is 0 Å². The van der Waals surface area contributed by atoms with Crippen LogP contribution in [0.5, 0.6) is 0 Å². The first-order valence-corrected chi connectivity index (χ1v) is 8.43. The van der Waals surface area contributed by atoms with E-state index in [1.54, 1.807) is 0 Å². The molecular formula is C18H28N2O2. The van der Waals surface area contributed by atoms with Gasteiger partial charge in [-0.2, -0.15) is 0 Å². The zero-order valence-corrected chi connectivity index (χ0v) is 13.9. The van der Waals surface area contributed by atoms with Crippen LogP contribution in [-0.4, -0.2) is 61.6 Å². The normalized spacial score (nSPS) is 16.5. The van der Waals surface area contributed by atoms with E-state index in [1.807, 2.05) is 30.0 Å². The molecule has 4 nitrogen and oxygen atoms in total. The third-order valence-corrected chi connectivity index (χ3v) is 4.26. The molecule has 0 radical (unpaired) electrons. The Balaban J connectivity index is 1.94. The summed E-state index contributed by atoms with van der Waals surface area (Å²) in [4.78, 5) is 17.2. The molecule has 1 heterocycles. The zero-order chi connectivity index (χ0) is 15.8. The first-order chi connectivity index (χ1) is 10.8. The van der Waals surface area contributed by atoms with E-state index >= 15 is 0 Å². The molecule has 1 amide bonds. The molecule has 1 aromatic carbocycles. The lowest BCUT2D eigenvalue weighted by molar-refractivity contribution is 0.0755. The number of nitrogens with zero attached hydrogens (tertiary/aromatic N) is 2. The summed E-state index contributed by atoms with van der Waals surface area (Å²) in [5.74, 6) is 0.184. The van der Waals surface area contributed by atoms with Gasteiger partial charge in [-0.3, -0.25) is 9.69 Å². The third kappa shape index (κ3) is 4.55. The molecule has 0 spiro atoms. The van der Waals surface area contributed by atoms with E-state index in [9.17, 15) is 4.79 Å². The number of ether oxygens (including phenoxy) is 1. The van der Waals surface area contributed by atoms with Gasteiger partial charge in [-0.05, 0) is 37.9 Å². The summed E-state index contributed by atoms with van der Waals surface area (Å²) in [6.07, 6.45) is 1.93. The number of hydrogen-bond donors (Lipinski definition) is 0. The van der Waals surface area contributed by atoms with Gasteiger partial charge in [0.05, 0.1) is 6.61 Å². The van der Waals surface area contributed by atoms with Crippen molar-refractivity contribution < 1.29 is 9.53 Å². The van der Waals surface area contributed by atoms with Crippen LogP contribution in [-0.2, 0) is 11.2 Å². The predicted molar refractivity (Wildman–Crippen MR) is 89.3 cm³/mol. The monoisotopic (exact) mass is 304 g/mol. The fourth-order valence-electron chi connectivity index (χ4n) is 2.94. The van der Waals surface area contributed by atoms with Gasteiger partial charge in [0.15, 0.2) is 0 Å². The van der Waals surface area contributed by atoms with E-state index < -0.39 is 0 Å². The second kappa shape index (κ2) is 8.91. The molecule has 2 rings (SSSR count). The van der Waals surface area contributed by atoms with Gasteiger partial charge in [-0.1, -0.05) is 25.1 Å². The Hall–Kier alpha value is -1.39. The van der Waals surface area contributed by atoms with Crippen LogP contribution in [0.25, 0.3) is 0 Å². The second-order valence-electron chi connectivity index (χ2n) is 5.70. The first kappa shape index (κ1) is 17.0. The smallest absolute Gasteiger partial charge is 0.254 e.